The molecule has 3 nitrogen and oxygen atoms in total. The van der Waals surface area contributed by atoms with Crippen LogP contribution in [0, 0.1) is 5.92 Å². The van der Waals surface area contributed by atoms with Gasteiger partial charge in [0.2, 0.25) is 5.91 Å². The Morgan fingerprint density at radius 2 is 2.27 bits per heavy atom. The van der Waals surface area contributed by atoms with Crippen LogP contribution < -0.4 is 5.32 Å². The van der Waals surface area contributed by atoms with Gasteiger partial charge in [-0.25, -0.2) is 0 Å². The summed E-state index contributed by atoms with van der Waals surface area (Å²) in [6.45, 7) is 4.87. The van der Waals surface area contributed by atoms with Crippen LogP contribution in [0.15, 0.2) is 0 Å². The molecule has 0 bridgehead atoms. The molecule has 3 atom stereocenters. The van der Waals surface area contributed by atoms with Gasteiger partial charge in [-0.1, -0.05) is 22.9 Å². The average molecular weight is 278 g/mol. The molecule has 0 spiro atoms. The Hall–Kier alpha value is -0.0900. The largest absolute Gasteiger partial charge is 0.368 e. The van der Waals surface area contributed by atoms with E-state index < -0.39 is 0 Å². The lowest BCUT2D eigenvalue weighted by Crippen LogP contribution is -2.45. The molecule has 0 aromatic carbocycles. The minimum atomic E-state index is -0.219. The average Bonchev–Trinajstić information content (AvgIpc) is 2.29. The van der Waals surface area contributed by atoms with Crippen molar-refractivity contribution < 1.29 is 9.53 Å². The van der Waals surface area contributed by atoms with Gasteiger partial charge in [0, 0.05) is 18.0 Å². The smallest absolute Gasteiger partial charge is 0.249 e. The van der Waals surface area contributed by atoms with E-state index in [4.69, 9.17) is 4.74 Å². The van der Waals surface area contributed by atoms with E-state index >= 15 is 0 Å². The van der Waals surface area contributed by atoms with Crippen molar-refractivity contribution in [2.75, 3.05) is 11.9 Å². The Kier molecular flexibility index (Phi) is 5.61. The van der Waals surface area contributed by atoms with E-state index in [1.807, 2.05) is 6.92 Å². The molecule has 0 radical (unpaired) electrons. The summed E-state index contributed by atoms with van der Waals surface area (Å²) in [7, 11) is 0. The first-order valence-electron chi connectivity index (χ1n) is 5.63. The molecular formula is C11H20BrNO2. The second-order valence-electron chi connectivity index (χ2n) is 4.28. The van der Waals surface area contributed by atoms with Crippen LogP contribution in [0.3, 0.4) is 0 Å². The van der Waals surface area contributed by atoms with Crippen molar-refractivity contribution in [2.45, 2.75) is 45.3 Å². The van der Waals surface area contributed by atoms with Crippen molar-refractivity contribution in [3.05, 3.63) is 0 Å². The Balaban J connectivity index is 2.33. The lowest BCUT2D eigenvalue weighted by atomic mass is 10.0. The third-order valence-corrected chi connectivity index (χ3v) is 3.96. The van der Waals surface area contributed by atoms with Gasteiger partial charge in [-0.2, -0.15) is 0 Å². The highest BCUT2D eigenvalue weighted by molar-refractivity contribution is 9.09. The Labute approximate surface area is 100 Å². The fraction of sp³-hybridized carbons (Fsp3) is 0.909. The number of carbonyl (C=O) groups is 1. The SMILES string of the molecule is CC(CBr)C(C)NC(=O)C1CCCCO1. The molecule has 1 heterocycles. The minimum absolute atomic E-state index is 0.0509. The molecule has 0 saturated carbocycles. The number of ether oxygens (including phenoxy) is 1. The topological polar surface area (TPSA) is 38.3 Å². The van der Waals surface area contributed by atoms with Gasteiger partial charge in [0.25, 0.3) is 0 Å². The molecule has 1 saturated heterocycles. The summed E-state index contributed by atoms with van der Waals surface area (Å²) >= 11 is 3.42. The fourth-order valence-corrected chi connectivity index (χ4v) is 2.10. The summed E-state index contributed by atoms with van der Waals surface area (Å²) in [6, 6.07) is 0.197. The number of amides is 1. The number of alkyl halides is 1. The zero-order valence-corrected chi connectivity index (χ0v) is 11.0. The van der Waals surface area contributed by atoms with Crippen LogP contribution in [-0.4, -0.2) is 30.0 Å². The molecule has 3 unspecified atom stereocenters. The number of rotatable bonds is 4. The van der Waals surface area contributed by atoms with Crippen molar-refractivity contribution >= 4 is 21.8 Å². The maximum atomic E-state index is 11.8. The van der Waals surface area contributed by atoms with E-state index in [9.17, 15) is 4.79 Å². The second kappa shape index (κ2) is 6.48. The molecule has 1 rings (SSSR count). The molecule has 4 heteroatoms. The molecule has 0 aliphatic carbocycles. The molecular weight excluding hydrogens is 258 g/mol. The zero-order valence-electron chi connectivity index (χ0n) is 9.46. The van der Waals surface area contributed by atoms with Gasteiger partial charge in [0.1, 0.15) is 6.10 Å². The molecule has 1 amide bonds. The molecule has 0 aromatic heterocycles. The van der Waals surface area contributed by atoms with Gasteiger partial charge in [-0.3, -0.25) is 4.79 Å². The third kappa shape index (κ3) is 4.11. The first-order chi connectivity index (χ1) is 7.15. The standard InChI is InChI=1S/C11H20BrNO2/c1-8(7-12)9(2)13-11(14)10-5-3-4-6-15-10/h8-10H,3-7H2,1-2H3,(H,13,14). The number of hydrogen-bond donors (Lipinski definition) is 1. The van der Waals surface area contributed by atoms with E-state index in [0.717, 1.165) is 31.2 Å². The minimum Gasteiger partial charge on any atom is -0.368 e. The summed E-state index contributed by atoms with van der Waals surface area (Å²) in [5, 5.41) is 3.91. The highest BCUT2D eigenvalue weighted by Crippen LogP contribution is 2.14. The van der Waals surface area contributed by atoms with Crippen LogP contribution >= 0.6 is 15.9 Å². The molecule has 15 heavy (non-hydrogen) atoms. The summed E-state index contributed by atoms with van der Waals surface area (Å²) in [6.07, 6.45) is 2.82. The van der Waals surface area contributed by atoms with E-state index in [-0.39, 0.29) is 18.1 Å². The highest BCUT2D eigenvalue weighted by Gasteiger charge is 2.24. The van der Waals surface area contributed by atoms with E-state index in [1.54, 1.807) is 0 Å². The van der Waals surface area contributed by atoms with Crippen LogP contribution in [0.5, 0.6) is 0 Å². The third-order valence-electron chi connectivity index (χ3n) is 2.94. The van der Waals surface area contributed by atoms with Gasteiger partial charge < -0.3 is 10.1 Å². The predicted octanol–water partition coefficient (Wildman–Crippen LogP) is 2.09. The van der Waals surface area contributed by atoms with Crippen LogP contribution in [0.25, 0.3) is 0 Å². The molecule has 88 valence electrons. The summed E-state index contributed by atoms with van der Waals surface area (Å²) < 4.78 is 5.43. The lowest BCUT2D eigenvalue weighted by molar-refractivity contribution is -0.136. The van der Waals surface area contributed by atoms with E-state index in [0.29, 0.717) is 5.92 Å². The Morgan fingerprint density at radius 1 is 1.53 bits per heavy atom. The van der Waals surface area contributed by atoms with Crippen molar-refractivity contribution in [3.63, 3.8) is 0 Å². The monoisotopic (exact) mass is 277 g/mol. The van der Waals surface area contributed by atoms with E-state index in [2.05, 4.69) is 28.2 Å². The Morgan fingerprint density at radius 3 is 2.80 bits per heavy atom. The first kappa shape index (κ1) is 13.0. The molecule has 1 fully saturated rings. The lowest BCUT2D eigenvalue weighted by Gasteiger charge is -2.25. The summed E-state index contributed by atoms with van der Waals surface area (Å²) in [5.41, 5.74) is 0. The number of nitrogens with one attached hydrogen (secondary N) is 1. The van der Waals surface area contributed by atoms with Crippen LogP contribution in [0.4, 0.5) is 0 Å². The first-order valence-corrected chi connectivity index (χ1v) is 6.75. The van der Waals surface area contributed by atoms with Gasteiger partial charge in [-0.05, 0) is 32.1 Å². The Bertz CT molecular complexity index is 205. The number of carbonyl (C=O) groups excluding carboxylic acids is 1. The maximum Gasteiger partial charge on any atom is 0.249 e. The predicted molar refractivity (Wildman–Crippen MR) is 64.2 cm³/mol. The van der Waals surface area contributed by atoms with Gasteiger partial charge in [0.15, 0.2) is 0 Å². The van der Waals surface area contributed by atoms with Gasteiger partial charge in [0.05, 0.1) is 0 Å². The fourth-order valence-electron chi connectivity index (χ4n) is 1.54. The van der Waals surface area contributed by atoms with Crippen molar-refractivity contribution in [2.24, 2.45) is 5.92 Å². The van der Waals surface area contributed by atoms with Crippen molar-refractivity contribution in [1.82, 2.24) is 5.32 Å². The summed E-state index contributed by atoms with van der Waals surface area (Å²) in [4.78, 5) is 11.8. The van der Waals surface area contributed by atoms with Gasteiger partial charge in [-0.15, -0.1) is 0 Å². The molecule has 1 N–H and O–H groups in total. The maximum absolute atomic E-state index is 11.8. The number of hydrogen-bond acceptors (Lipinski definition) is 2. The molecule has 1 aliphatic rings. The second-order valence-corrected chi connectivity index (χ2v) is 4.93. The van der Waals surface area contributed by atoms with Crippen LogP contribution in [0.1, 0.15) is 33.1 Å². The van der Waals surface area contributed by atoms with Crippen molar-refractivity contribution in [1.29, 1.82) is 0 Å². The normalized spacial score (nSPS) is 25.7. The molecule has 1 aliphatic heterocycles. The number of halogens is 1. The summed E-state index contributed by atoms with van der Waals surface area (Å²) in [5.74, 6) is 0.493. The van der Waals surface area contributed by atoms with Gasteiger partial charge >= 0.3 is 0 Å². The molecule has 0 aromatic rings. The van der Waals surface area contributed by atoms with E-state index in [1.165, 1.54) is 0 Å². The highest BCUT2D eigenvalue weighted by atomic mass is 79.9. The van der Waals surface area contributed by atoms with Crippen LogP contribution in [-0.2, 0) is 9.53 Å². The quantitative estimate of drug-likeness (QED) is 0.800. The van der Waals surface area contributed by atoms with Crippen LogP contribution in [0.2, 0.25) is 0 Å². The zero-order chi connectivity index (χ0) is 11.3. The van der Waals surface area contributed by atoms with Crippen molar-refractivity contribution in [3.8, 4) is 0 Å².